The van der Waals surface area contributed by atoms with E-state index in [9.17, 15) is 0 Å². The molecule has 7 heteroatoms. The normalized spacial score (nSPS) is 10.8. The number of benzene rings is 1. The number of aromatic nitrogens is 1. The highest BCUT2D eigenvalue weighted by Crippen LogP contribution is 2.19. The topological polar surface area (TPSA) is 58.5 Å². The lowest BCUT2D eigenvalue weighted by Gasteiger charge is -2.12. The van der Waals surface area contributed by atoms with Crippen molar-refractivity contribution in [2.45, 2.75) is 33.9 Å². The van der Waals surface area contributed by atoms with Crippen molar-refractivity contribution in [3.05, 3.63) is 58.1 Å². The third kappa shape index (κ3) is 6.95. The summed E-state index contributed by atoms with van der Waals surface area (Å²) < 4.78 is 5.69. The molecular formula is C19H27IN4OS. The van der Waals surface area contributed by atoms with Gasteiger partial charge in [-0.2, -0.15) is 0 Å². The van der Waals surface area contributed by atoms with Crippen LogP contribution in [0.2, 0.25) is 0 Å². The number of para-hydroxylation sites is 1. The maximum atomic E-state index is 5.69. The lowest BCUT2D eigenvalue weighted by Crippen LogP contribution is -2.36. The van der Waals surface area contributed by atoms with Gasteiger partial charge in [-0.15, -0.1) is 35.3 Å². The number of ether oxygens (including phenoxy) is 1. The van der Waals surface area contributed by atoms with Gasteiger partial charge in [0.1, 0.15) is 12.4 Å². The second kappa shape index (κ2) is 11.9. The van der Waals surface area contributed by atoms with E-state index in [-0.39, 0.29) is 24.0 Å². The van der Waals surface area contributed by atoms with E-state index in [4.69, 9.17) is 4.74 Å². The van der Waals surface area contributed by atoms with E-state index < -0.39 is 0 Å². The molecule has 0 fully saturated rings. The summed E-state index contributed by atoms with van der Waals surface area (Å²) in [7, 11) is 0. The molecule has 0 spiro atoms. The number of thiazole rings is 1. The summed E-state index contributed by atoms with van der Waals surface area (Å²) in [6.07, 6.45) is 1.74. The Morgan fingerprint density at radius 1 is 1.31 bits per heavy atom. The number of rotatable bonds is 8. The number of nitrogens with zero attached hydrogens (tertiary/aromatic N) is 2. The number of hydrogen-bond acceptors (Lipinski definition) is 4. The second-order valence-corrected chi connectivity index (χ2v) is 6.79. The molecule has 0 radical (unpaired) electrons. The SMILES string of the molecule is C=CCOc1ccccc1CN=C(NCC)NCc1sc(C)nc1C.I. The van der Waals surface area contributed by atoms with Crippen LogP contribution in [0, 0.1) is 13.8 Å². The highest BCUT2D eigenvalue weighted by molar-refractivity contribution is 14.0. The number of halogens is 1. The quantitative estimate of drug-likeness (QED) is 0.254. The van der Waals surface area contributed by atoms with Gasteiger partial charge in [-0.25, -0.2) is 9.98 Å². The molecule has 0 aliphatic carbocycles. The van der Waals surface area contributed by atoms with Gasteiger partial charge in [0.2, 0.25) is 0 Å². The van der Waals surface area contributed by atoms with Crippen LogP contribution < -0.4 is 15.4 Å². The summed E-state index contributed by atoms with van der Waals surface area (Å²) in [4.78, 5) is 10.4. The number of hydrogen-bond donors (Lipinski definition) is 2. The largest absolute Gasteiger partial charge is 0.489 e. The van der Waals surface area contributed by atoms with E-state index in [1.54, 1.807) is 17.4 Å². The van der Waals surface area contributed by atoms with Gasteiger partial charge in [-0.1, -0.05) is 30.9 Å². The molecule has 1 heterocycles. The fourth-order valence-corrected chi connectivity index (χ4v) is 3.21. The van der Waals surface area contributed by atoms with E-state index in [1.165, 1.54) is 4.88 Å². The van der Waals surface area contributed by atoms with Crippen molar-refractivity contribution in [2.75, 3.05) is 13.2 Å². The smallest absolute Gasteiger partial charge is 0.191 e. The molecule has 0 unspecified atom stereocenters. The Morgan fingerprint density at radius 2 is 2.08 bits per heavy atom. The molecule has 2 N–H and O–H groups in total. The van der Waals surface area contributed by atoms with Crippen LogP contribution in [0.5, 0.6) is 5.75 Å². The molecule has 26 heavy (non-hydrogen) atoms. The van der Waals surface area contributed by atoms with Crippen LogP contribution in [0.25, 0.3) is 0 Å². The van der Waals surface area contributed by atoms with Gasteiger partial charge in [-0.3, -0.25) is 0 Å². The highest BCUT2D eigenvalue weighted by atomic mass is 127. The highest BCUT2D eigenvalue weighted by Gasteiger charge is 2.07. The standard InChI is InChI=1S/C19H26N4OS.HI/c1-5-11-24-17-10-8-7-9-16(17)12-21-19(20-6-2)22-13-18-14(3)23-15(4)25-18;/h5,7-10H,1,6,11-13H2,2-4H3,(H2,20,21,22);1H. The van der Waals surface area contributed by atoms with Gasteiger partial charge in [0.15, 0.2) is 5.96 Å². The fourth-order valence-electron chi connectivity index (χ4n) is 2.33. The first kappa shape index (κ1) is 22.4. The molecule has 142 valence electrons. The Labute approximate surface area is 177 Å². The summed E-state index contributed by atoms with van der Waals surface area (Å²) >= 11 is 1.71. The van der Waals surface area contributed by atoms with Crippen LogP contribution >= 0.6 is 35.3 Å². The molecule has 5 nitrogen and oxygen atoms in total. The van der Waals surface area contributed by atoms with Crippen molar-refractivity contribution in [1.82, 2.24) is 15.6 Å². The van der Waals surface area contributed by atoms with Crippen molar-refractivity contribution in [2.24, 2.45) is 4.99 Å². The molecule has 0 saturated carbocycles. The third-order valence-corrected chi connectivity index (χ3v) is 4.57. The summed E-state index contributed by atoms with van der Waals surface area (Å²) in [5, 5.41) is 7.74. The average molecular weight is 486 g/mol. The first-order valence-corrected chi connectivity index (χ1v) is 9.22. The molecule has 1 aromatic carbocycles. The van der Waals surface area contributed by atoms with Crippen molar-refractivity contribution in [1.29, 1.82) is 0 Å². The van der Waals surface area contributed by atoms with Crippen molar-refractivity contribution < 1.29 is 4.74 Å². The lowest BCUT2D eigenvalue weighted by atomic mass is 10.2. The first-order valence-electron chi connectivity index (χ1n) is 8.40. The van der Waals surface area contributed by atoms with E-state index in [2.05, 4.69) is 34.1 Å². The lowest BCUT2D eigenvalue weighted by molar-refractivity contribution is 0.359. The zero-order valence-electron chi connectivity index (χ0n) is 15.5. The second-order valence-electron chi connectivity index (χ2n) is 5.50. The molecule has 0 atom stereocenters. The van der Waals surface area contributed by atoms with E-state index in [1.807, 2.05) is 38.1 Å². The maximum Gasteiger partial charge on any atom is 0.191 e. The molecule has 0 bridgehead atoms. The summed E-state index contributed by atoms with van der Waals surface area (Å²) in [5.74, 6) is 1.63. The Kier molecular flexibility index (Phi) is 10.3. The summed E-state index contributed by atoms with van der Waals surface area (Å²) in [6, 6.07) is 7.94. The Hall–Kier alpha value is -1.61. The van der Waals surface area contributed by atoms with Gasteiger partial charge in [0.25, 0.3) is 0 Å². The number of aryl methyl sites for hydroxylation is 2. The monoisotopic (exact) mass is 486 g/mol. The van der Waals surface area contributed by atoms with Crippen molar-refractivity contribution >= 4 is 41.3 Å². The minimum absolute atomic E-state index is 0. The number of guanidine groups is 1. The van der Waals surface area contributed by atoms with Gasteiger partial charge in [0.05, 0.1) is 23.8 Å². The Bertz CT molecular complexity index is 730. The van der Waals surface area contributed by atoms with Gasteiger partial charge in [0, 0.05) is 17.0 Å². The van der Waals surface area contributed by atoms with Crippen LogP contribution in [0.15, 0.2) is 41.9 Å². The summed E-state index contributed by atoms with van der Waals surface area (Å²) in [5.41, 5.74) is 2.13. The van der Waals surface area contributed by atoms with Crippen LogP contribution in [-0.2, 0) is 13.1 Å². The number of aliphatic imine (C=N–C) groups is 1. The zero-order chi connectivity index (χ0) is 18.1. The van der Waals surface area contributed by atoms with E-state index >= 15 is 0 Å². The molecule has 0 aliphatic rings. The van der Waals surface area contributed by atoms with Crippen LogP contribution in [0.3, 0.4) is 0 Å². The van der Waals surface area contributed by atoms with Crippen LogP contribution in [0.4, 0.5) is 0 Å². The molecule has 2 aromatic rings. The summed E-state index contributed by atoms with van der Waals surface area (Å²) in [6.45, 7) is 12.4. The molecule has 0 saturated heterocycles. The molecule has 1 aromatic heterocycles. The van der Waals surface area contributed by atoms with E-state index in [0.29, 0.717) is 13.2 Å². The number of nitrogens with one attached hydrogen (secondary N) is 2. The molecular weight excluding hydrogens is 459 g/mol. The molecule has 0 amide bonds. The first-order chi connectivity index (χ1) is 12.1. The fraction of sp³-hybridized carbons (Fsp3) is 0.368. The predicted octanol–water partition coefficient (Wildman–Crippen LogP) is 4.20. The molecule has 2 rings (SSSR count). The predicted molar refractivity (Wildman–Crippen MR) is 121 cm³/mol. The van der Waals surface area contributed by atoms with Crippen molar-refractivity contribution in [3.8, 4) is 5.75 Å². The average Bonchev–Trinajstić information content (AvgIpc) is 2.93. The Balaban J connectivity index is 0.00000338. The zero-order valence-corrected chi connectivity index (χ0v) is 18.7. The Morgan fingerprint density at radius 3 is 2.73 bits per heavy atom. The van der Waals surface area contributed by atoms with Gasteiger partial charge >= 0.3 is 0 Å². The van der Waals surface area contributed by atoms with Crippen molar-refractivity contribution in [3.63, 3.8) is 0 Å². The van der Waals surface area contributed by atoms with E-state index in [0.717, 1.165) is 41.1 Å². The molecule has 0 aliphatic heterocycles. The maximum absolute atomic E-state index is 5.69. The van der Waals surface area contributed by atoms with Gasteiger partial charge < -0.3 is 15.4 Å². The minimum atomic E-state index is 0. The van der Waals surface area contributed by atoms with Crippen LogP contribution in [0.1, 0.15) is 28.1 Å². The third-order valence-electron chi connectivity index (χ3n) is 3.50. The minimum Gasteiger partial charge on any atom is -0.489 e. The van der Waals surface area contributed by atoms with Crippen LogP contribution in [-0.4, -0.2) is 24.1 Å². The van der Waals surface area contributed by atoms with Gasteiger partial charge in [-0.05, 0) is 26.8 Å².